The molecule has 0 amide bonds. The first-order valence-corrected chi connectivity index (χ1v) is 14.7. The van der Waals surface area contributed by atoms with Crippen molar-refractivity contribution < 1.29 is 22.3 Å². The summed E-state index contributed by atoms with van der Waals surface area (Å²) in [7, 11) is 0. The second-order valence-corrected chi connectivity index (χ2v) is 10.00. The van der Waals surface area contributed by atoms with Crippen LogP contribution in [0.2, 0.25) is 0 Å². The molecule has 0 atom stereocenters. The molecule has 0 aromatic rings. The highest BCUT2D eigenvalue weighted by molar-refractivity contribution is 4.50. The largest absolute Gasteiger partial charge is 1.00 e. The van der Waals surface area contributed by atoms with Gasteiger partial charge >= 0.3 is 0 Å². The SMILES string of the molecule is CCCCCCCCCCCCCCCC[NH2+]CCCCCCCCCCCCC.[Br-]. The molecule has 0 rings (SSSR count). The maximum Gasteiger partial charge on any atom is 0.0755 e. The fourth-order valence-corrected chi connectivity index (χ4v) is 4.58. The van der Waals surface area contributed by atoms with E-state index >= 15 is 0 Å². The fourth-order valence-electron chi connectivity index (χ4n) is 4.58. The van der Waals surface area contributed by atoms with Gasteiger partial charge in [0.1, 0.15) is 0 Å². The van der Waals surface area contributed by atoms with E-state index in [1.54, 1.807) is 0 Å². The maximum atomic E-state index is 2.58. The summed E-state index contributed by atoms with van der Waals surface area (Å²) in [6.07, 6.45) is 36.6. The summed E-state index contributed by atoms with van der Waals surface area (Å²) >= 11 is 0. The second-order valence-electron chi connectivity index (χ2n) is 10.00. The van der Waals surface area contributed by atoms with Crippen molar-refractivity contribution >= 4 is 0 Å². The Morgan fingerprint density at radius 1 is 0.290 bits per heavy atom. The van der Waals surface area contributed by atoms with Gasteiger partial charge in [0, 0.05) is 0 Å². The topological polar surface area (TPSA) is 16.6 Å². The molecule has 0 aliphatic heterocycles. The van der Waals surface area contributed by atoms with E-state index < -0.39 is 0 Å². The zero-order chi connectivity index (χ0) is 21.8. The molecular weight excluding hydrogens is 442 g/mol. The minimum Gasteiger partial charge on any atom is -1.00 e. The molecule has 0 bridgehead atoms. The number of nitrogens with two attached hydrogens (primary N) is 1. The quantitative estimate of drug-likeness (QED) is 0.126. The third-order valence-corrected chi connectivity index (χ3v) is 6.77. The van der Waals surface area contributed by atoms with Crippen LogP contribution in [-0.2, 0) is 0 Å². The normalized spacial score (nSPS) is 11.0. The predicted molar refractivity (Wildman–Crippen MR) is 138 cm³/mol. The first kappa shape index (κ1) is 33.6. The lowest BCUT2D eigenvalue weighted by Gasteiger charge is -2.04. The zero-order valence-electron chi connectivity index (χ0n) is 22.0. The second kappa shape index (κ2) is 32.6. The average molecular weight is 505 g/mol. The molecule has 0 aromatic heterocycles. The number of quaternary nitrogens is 1. The number of hydrogen-bond acceptors (Lipinski definition) is 0. The van der Waals surface area contributed by atoms with Gasteiger partial charge in [-0.3, -0.25) is 0 Å². The standard InChI is InChI=1S/C29H61N.BrH/c1-3-5-7-9-11-13-15-16-17-19-21-23-25-27-29-30-28-26-24-22-20-18-14-12-10-8-6-4-2;/h30H,3-29H2,1-2H3;1H. The van der Waals surface area contributed by atoms with Crippen molar-refractivity contribution in [1.29, 1.82) is 0 Å². The molecule has 190 valence electrons. The van der Waals surface area contributed by atoms with Gasteiger partial charge in [-0.1, -0.05) is 149 Å². The molecule has 0 fully saturated rings. The molecule has 0 saturated carbocycles. The van der Waals surface area contributed by atoms with Crippen LogP contribution < -0.4 is 22.3 Å². The van der Waals surface area contributed by atoms with Crippen molar-refractivity contribution in [2.24, 2.45) is 0 Å². The molecule has 0 radical (unpaired) electrons. The summed E-state index contributed by atoms with van der Waals surface area (Å²) in [6.45, 7) is 7.35. The van der Waals surface area contributed by atoms with Crippen LogP contribution in [0.1, 0.15) is 174 Å². The van der Waals surface area contributed by atoms with Crippen LogP contribution in [0.25, 0.3) is 0 Å². The first-order valence-electron chi connectivity index (χ1n) is 14.7. The zero-order valence-corrected chi connectivity index (χ0v) is 23.6. The van der Waals surface area contributed by atoms with Gasteiger partial charge in [0.05, 0.1) is 13.1 Å². The van der Waals surface area contributed by atoms with Gasteiger partial charge in [0.25, 0.3) is 0 Å². The Hall–Kier alpha value is 0.440. The third kappa shape index (κ3) is 32.7. The van der Waals surface area contributed by atoms with E-state index in [-0.39, 0.29) is 17.0 Å². The summed E-state index contributed by atoms with van der Waals surface area (Å²) < 4.78 is 0. The van der Waals surface area contributed by atoms with Gasteiger partial charge in [-0.05, 0) is 25.7 Å². The van der Waals surface area contributed by atoms with Crippen LogP contribution >= 0.6 is 0 Å². The molecule has 0 unspecified atom stereocenters. The monoisotopic (exact) mass is 503 g/mol. The van der Waals surface area contributed by atoms with Crippen molar-refractivity contribution in [2.45, 2.75) is 174 Å². The van der Waals surface area contributed by atoms with Crippen molar-refractivity contribution in [2.75, 3.05) is 13.1 Å². The van der Waals surface area contributed by atoms with E-state index in [9.17, 15) is 0 Å². The molecule has 0 spiro atoms. The third-order valence-electron chi connectivity index (χ3n) is 6.77. The van der Waals surface area contributed by atoms with Gasteiger partial charge in [-0.15, -0.1) is 0 Å². The van der Waals surface area contributed by atoms with E-state index in [1.165, 1.54) is 174 Å². The molecule has 2 heteroatoms. The van der Waals surface area contributed by atoms with Crippen LogP contribution in [0.5, 0.6) is 0 Å². The number of halogens is 1. The summed E-state index contributed by atoms with van der Waals surface area (Å²) in [5.41, 5.74) is 0. The maximum absolute atomic E-state index is 2.58. The Bertz CT molecular complexity index is 254. The molecule has 0 aliphatic carbocycles. The Morgan fingerprint density at radius 3 is 0.710 bits per heavy atom. The molecule has 2 N–H and O–H groups in total. The van der Waals surface area contributed by atoms with Gasteiger partial charge in [0.15, 0.2) is 0 Å². The summed E-state index contributed by atoms with van der Waals surface area (Å²) in [6, 6.07) is 0. The van der Waals surface area contributed by atoms with E-state index in [0.717, 1.165) is 0 Å². The summed E-state index contributed by atoms with van der Waals surface area (Å²) in [5, 5.41) is 2.58. The summed E-state index contributed by atoms with van der Waals surface area (Å²) in [5.74, 6) is 0. The van der Waals surface area contributed by atoms with Crippen LogP contribution in [0, 0.1) is 0 Å². The van der Waals surface area contributed by atoms with Gasteiger partial charge in [-0.25, -0.2) is 0 Å². The van der Waals surface area contributed by atoms with E-state index in [2.05, 4.69) is 19.2 Å². The number of rotatable bonds is 27. The van der Waals surface area contributed by atoms with Crippen molar-refractivity contribution in [3.8, 4) is 0 Å². The van der Waals surface area contributed by atoms with Gasteiger partial charge < -0.3 is 22.3 Å². The van der Waals surface area contributed by atoms with E-state index in [1.807, 2.05) is 0 Å². The van der Waals surface area contributed by atoms with Crippen LogP contribution in [0.4, 0.5) is 0 Å². The highest BCUT2D eigenvalue weighted by Crippen LogP contribution is 2.13. The smallest absolute Gasteiger partial charge is 0.0755 e. The van der Waals surface area contributed by atoms with E-state index in [0.29, 0.717) is 0 Å². The molecule has 0 aromatic carbocycles. The molecule has 0 saturated heterocycles. The van der Waals surface area contributed by atoms with Gasteiger partial charge in [0.2, 0.25) is 0 Å². The molecule has 1 nitrogen and oxygen atoms in total. The lowest BCUT2D eigenvalue weighted by atomic mass is 10.0. The lowest BCUT2D eigenvalue weighted by Crippen LogP contribution is -3.00. The Morgan fingerprint density at radius 2 is 0.484 bits per heavy atom. The highest BCUT2D eigenvalue weighted by atomic mass is 79.9. The van der Waals surface area contributed by atoms with Crippen molar-refractivity contribution in [1.82, 2.24) is 0 Å². The van der Waals surface area contributed by atoms with Crippen molar-refractivity contribution in [3.63, 3.8) is 0 Å². The number of unbranched alkanes of at least 4 members (excludes halogenated alkanes) is 23. The van der Waals surface area contributed by atoms with Crippen LogP contribution in [-0.4, -0.2) is 13.1 Å². The lowest BCUT2D eigenvalue weighted by molar-refractivity contribution is -0.655. The Labute approximate surface area is 209 Å². The first-order chi connectivity index (χ1) is 14.9. The molecule has 31 heavy (non-hydrogen) atoms. The highest BCUT2D eigenvalue weighted by Gasteiger charge is 1.97. The minimum absolute atomic E-state index is 0. The fraction of sp³-hybridized carbons (Fsp3) is 1.00. The predicted octanol–water partition coefficient (Wildman–Crippen LogP) is 6.35. The molecular formula is C29H62BrN. The molecule has 0 aliphatic rings. The molecule has 0 heterocycles. The summed E-state index contributed by atoms with van der Waals surface area (Å²) in [4.78, 5) is 0. The van der Waals surface area contributed by atoms with Crippen LogP contribution in [0.3, 0.4) is 0 Å². The average Bonchev–Trinajstić information content (AvgIpc) is 2.76. The van der Waals surface area contributed by atoms with Crippen molar-refractivity contribution in [3.05, 3.63) is 0 Å². The Balaban J connectivity index is 0. The van der Waals surface area contributed by atoms with Crippen LogP contribution in [0.15, 0.2) is 0 Å². The number of hydrogen-bond donors (Lipinski definition) is 1. The van der Waals surface area contributed by atoms with E-state index in [4.69, 9.17) is 0 Å². The minimum atomic E-state index is 0. The van der Waals surface area contributed by atoms with Gasteiger partial charge in [-0.2, -0.15) is 0 Å². The Kier molecular flexibility index (Phi) is 35.4.